The van der Waals surface area contributed by atoms with Crippen LogP contribution in [0.3, 0.4) is 0 Å². The van der Waals surface area contributed by atoms with Crippen molar-refractivity contribution in [3.05, 3.63) is 23.5 Å². The van der Waals surface area contributed by atoms with Crippen molar-refractivity contribution in [3.8, 4) is 5.75 Å². The zero-order chi connectivity index (χ0) is 12.8. The number of esters is 1. The third-order valence-corrected chi connectivity index (χ3v) is 2.07. The van der Waals surface area contributed by atoms with Crippen molar-refractivity contribution in [1.29, 1.82) is 0 Å². The molecule has 0 saturated carbocycles. The molecular weight excluding hydrogens is 291 g/mol. The molecule has 0 bridgehead atoms. The van der Waals surface area contributed by atoms with Crippen molar-refractivity contribution in [2.45, 2.75) is 26.8 Å². The number of ether oxygens (including phenoxy) is 2. The number of hydrogen-bond acceptors (Lipinski definition) is 5. The molecule has 1 unspecified atom stereocenters. The SMILES string of the molecule is CCOC(=O)c1cc(OCC(C)N)cnc1C.Cl.Cl. The predicted molar refractivity (Wildman–Crippen MR) is 78.6 cm³/mol. The smallest absolute Gasteiger partial charge is 0.340 e. The largest absolute Gasteiger partial charge is 0.490 e. The van der Waals surface area contributed by atoms with E-state index < -0.39 is 0 Å². The maximum atomic E-state index is 11.6. The van der Waals surface area contributed by atoms with Crippen LogP contribution in [0, 0.1) is 6.92 Å². The Morgan fingerprint density at radius 1 is 1.47 bits per heavy atom. The van der Waals surface area contributed by atoms with Crippen molar-refractivity contribution >= 4 is 30.8 Å². The number of aromatic nitrogens is 1. The molecule has 0 spiro atoms. The van der Waals surface area contributed by atoms with Gasteiger partial charge in [-0.3, -0.25) is 4.98 Å². The molecule has 7 heteroatoms. The lowest BCUT2D eigenvalue weighted by atomic mass is 10.2. The van der Waals surface area contributed by atoms with Crippen LogP contribution in [0.15, 0.2) is 12.3 Å². The van der Waals surface area contributed by atoms with Crippen LogP contribution in [0.25, 0.3) is 0 Å². The van der Waals surface area contributed by atoms with E-state index in [2.05, 4.69) is 4.98 Å². The van der Waals surface area contributed by atoms with E-state index in [4.69, 9.17) is 15.2 Å². The third kappa shape index (κ3) is 6.61. The quantitative estimate of drug-likeness (QED) is 0.843. The number of nitrogens with zero attached hydrogens (tertiary/aromatic N) is 1. The van der Waals surface area contributed by atoms with Crippen LogP contribution in [-0.4, -0.2) is 30.2 Å². The van der Waals surface area contributed by atoms with E-state index in [1.807, 2.05) is 6.92 Å². The van der Waals surface area contributed by atoms with Gasteiger partial charge < -0.3 is 15.2 Å². The summed E-state index contributed by atoms with van der Waals surface area (Å²) >= 11 is 0. The summed E-state index contributed by atoms with van der Waals surface area (Å²) < 4.78 is 10.3. The second kappa shape index (κ2) is 9.83. The van der Waals surface area contributed by atoms with Gasteiger partial charge in [-0.05, 0) is 26.8 Å². The lowest BCUT2D eigenvalue weighted by Gasteiger charge is -2.10. The number of aryl methyl sites for hydroxylation is 1. The van der Waals surface area contributed by atoms with Gasteiger partial charge in [0.15, 0.2) is 0 Å². The highest BCUT2D eigenvalue weighted by Gasteiger charge is 2.12. The van der Waals surface area contributed by atoms with E-state index in [-0.39, 0.29) is 36.8 Å². The molecule has 0 fully saturated rings. The number of nitrogens with two attached hydrogens (primary N) is 1. The molecule has 0 amide bonds. The van der Waals surface area contributed by atoms with E-state index in [1.54, 1.807) is 26.1 Å². The number of halogens is 2. The molecule has 110 valence electrons. The molecule has 0 aliphatic carbocycles. The molecule has 0 saturated heterocycles. The van der Waals surface area contributed by atoms with Crippen LogP contribution in [0.2, 0.25) is 0 Å². The topological polar surface area (TPSA) is 74.4 Å². The summed E-state index contributed by atoms with van der Waals surface area (Å²) in [6, 6.07) is 1.56. The summed E-state index contributed by atoms with van der Waals surface area (Å²) in [6.45, 7) is 6.07. The van der Waals surface area contributed by atoms with Crippen LogP contribution in [0.1, 0.15) is 29.9 Å². The molecule has 0 radical (unpaired) electrons. The molecule has 1 aromatic heterocycles. The highest BCUT2D eigenvalue weighted by atomic mass is 35.5. The van der Waals surface area contributed by atoms with Gasteiger partial charge in [-0.1, -0.05) is 0 Å². The second-order valence-corrected chi connectivity index (χ2v) is 3.81. The minimum Gasteiger partial charge on any atom is -0.490 e. The zero-order valence-corrected chi connectivity index (χ0v) is 12.8. The molecule has 0 aromatic carbocycles. The van der Waals surface area contributed by atoms with Crippen LogP contribution >= 0.6 is 24.8 Å². The zero-order valence-electron chi connectivity index (χ0n) is 11.2. The Balaban J connectivity index is 0. The fourth-order valence-corrected chi connectivity index (χ4v) is 1.24. The predicted octanol–water partition coefficient (Wildman–Crippen LogP) is 2.14. The third-order valence-electron chi connectivity index (χ3n) is 2.07. The van der Waals surface area contributed by atoms with Crippen molar-refractivity contribution in [1.82, 2.24) is 4.98 Å². The monoisotopic (exact) mass is 310 g/mol. The maximum absolute atomic E-state index is 11.6. The molecular formula is C12H20Cl2N2O3. The number of pyridine rings is 1. The van der Waals surface area contributed by atoms with Gasteiger partial charge in [0.25, 0.3) is 0 Å². The molecule has 0 aliphatic heterocycles. The molecule has 19 heavy (non-hydrogen) atoms. The normalized spacial score (nSPS) is 10.7. The summed E-state index contributed by atoms with van der Waals surface area (Å²) in [6.07, 6.45) is 1.57. The van der Waals surface area contributed by atoms with Crippen LogP contribution in [-0.2, 0) is 4.74 Å². The fraction of sp³-hybridized carbons (Fsp3) is 0.500. The first-order valence-corrected chi connectivity index (χ1v) is 5.56. The maximum Gasteiger partial charge on any atom is 0.340 e. The number of hydrogen-bond donors (Lipinski definition) is 1. The average molecular weight is 311 g/mol. The van der Waals surface area contributed by atoms with E-state index in [9.17, 15) is 4.79 Å². The molecule has 5 nitrogen and oxygen atoms in total. The van der Waals surface area contributed by atoms with E-state index in [0.717, 1.165) is 0 Å². The lowest BCUT2D eigenvalue weighted by Crippen LogP contribution is -2.23. The van der Waals surface area contributed by atoms with E-state index in [0.29, 0.717) is 30.2 Å². The van der Waals surface area contributed by atoms with Crippen molar-refractivity contribution < 1.29 is 14.3 Å². The minimum absolute atomic E-state index is 0. The summed E-state index contributed by atoms with van der Waals surface area (Å²) in [5.74, 6) is 0.139. The Kier molecular flexibility index (Phi) is 10.5. The summed E-state index contributed by atoms with van der Waals surface area (Å²) in [4.78, 5) is 15.7. The first-order valence-electron chi connectivity index (χ1n) is 5.56. The highest BCUT2D eigenvalue weighted by Crippen LogP contribution is 2.16. The van der Waals surface area contributed by atoms with Gasteiger partial charge in [0.2, 0.25) is 0 Å². The first-order chi connectivity index (χ1) is 8.04. The van der Waals surface area contributed by atoms with Crippen LogP contribution in [0.5, 0.6) is 5.75 Å². The fourth-order valence-electron chi connectivity index (χ4n) is 1.24. The minimum atomic E-state index is -0.385. The van der Waals surface area contributed by atoms with Crippen LogP contribution < -0.4 is 10.5 Å². The standard InChI is InChI=1S/C12H18N2O3.2ClH/c1-4-16-12(15)11-5-10(6-14-9(11)3)17-7-8(2)13;;/h5-6,8H,4,7,13H2,1-3H3;2*1H. The molecule has 0 aliphatic rings. The number of rotatable bonds is 5. The van der Waals surface area contributed by atoms with Gasteiger partial charge in [0.05, 0.1) is 24.1 Å². The van der Waals surface area contributed by atoms with Crippen LogP contribution in [0.4, 0.5) is 0 Å². The Bertz CT molecular complexity index is 401. The van der Waals surface area contributed by atoms with Gasteiger partial charge >= 0.3 is 5.97 Å². The Morgan fingerprint density at radius 3 is 2.63 bits per heavy atom. The van der Waals surface area contributed by atoms with Gasteiger partial charge in [-0.25, -0.2) is 4.79 Å². The molecule has 1 heterocycles. The second-order valence-electron chi connectivity index (χ2n) is 3.81. The Hall–Kier alpha value is -1.04. The molecule has 1 atom stereocenters. The van der Waals surface area contributed by atoms with Crippen molar-refractivity contribution in [2.75, 3.05) is 13.2 Å². The van der Waals surface area contributed by atoms with E-state index in [1.165, 1.54) is 0 Å². The summed E-state index contributed by atoms with van der Waals surface area (Å²) in [5, 5.41) is 0. The molecule has 1 aromatic rings. The molecule has 1 rings (SSSR count). The summed E-state index contributed by atoms with van der Waals surface area (Å²) in [7, 11) is 0. The van der Waals surface area contributed by atoms with Gasteiger partial charge in [-0.15, -0.1) is 24.8 Å². The van der Waals surface area contributed by atoms with Gasteiger partial charge in [-0.2, -0.15) is 0 Å². The number of carbonyl (C=O) groups is 1. The lowest BCUT2D eigenvalue weighted by molar-refractivity contribution is 0.0524. The summed E-state index contributed by atoms with van der Waals surface area (Å²) in [5.41, 5.74) is 6.63. The number of carbonyl (C=O) groups excluding carboxylic acids is 1. The highest BCUT2D eigenvalue weighted by molar-refractivity contribution is 5.90. The van der Waals surface area contributed by atoms with Crippen molar-refractivity contribution in [2.24, 2.45) is 5.73 Å². The Morgan fingerprint density at radius 2 is 2.11 bits per heavy atom. The van der Waals surface area contributed by atoms with Gasteiger partial charge in [0, 0.05) is 6.04 Å². The first kappa shape index (κ1) is 20.3. The van der Waals surface area contributed by atoms with Gasteiger partial charge in [0.1, 0.15) is 12.4 Å². The average Bonchev–Trinajstić information content (AvgIpc) is 2.28. The van der Waals surface area contributed by atoms with Crippen molar-refractivity contribution in [3.63, 3.8) is 0 Å². The van der Waals surface area contributed by atoms with E-state index >= 15 is 0 Å². The molecule has 2 N–H and O–H groups in total. The Labute approximate surface area is 125 Å².